The van der Waals surface area contributed by atoms with E-state index in [-0.39, 0.29) is 17.9 Å². The summed E-state index contributed by atoms with van der Waals surface area (Å²) in [6.07, 6.45) is 1.45. The number of amides is 2. The lowest BCUT2D eigenvalue weighted by Gasteiger charge is -2.39. The molecule has 172 valence electrons. The molecule has 1 atom stereocenters. The van der Waals surface area contributed by atoms with Gasteiger partial charge >= 0.3 is 0 Å². The molecule has 1 aromatic carbocycles. The zero-order valence-corrected chi connectivity index (χ0v) is 20.5. The van der Waals surface area contributed by atoms with Crippen LogP contribution in [0.5, 0.6) is 0 Å². The quantitative estimate of drug-likeness (QED) is 0.556. The topological polar surface area (TPSA) is 43.9 Å². The van der Waals surface area contributed by atoms with Gasteiger partial charge in [0.25, 0.3) is 0 Å². The van der Waals surface area contributed by atoms with Crippen LogP contribution in [0.3, 0.4) is 0 Å². The third-order valence-corrected chi connectivity index (χ3v) is 8.65. The second-order valence-corrected chi connectivity index (χ2v) is 10.8. The van der Waals surface area contributed by atoms with E-state index in [2.05, 4.69) is 47.5 Å². The first kappa shape index (κ1) is 22.3. The maximum absolute atomic E-state index is 13.3. The fourth-order valence-electron chi connectivity index (χ4n) is 4.95. The van der Waals surface area contributed by atoms with Gasteiger partial charge in [0.05, 0.1) is 19.0 Å². The van der Waals surface area contributed by atoms with Gasteiger partial charge in [0, 0.05) is 42.5 Å². The first-order valence-electron chi connectivity index (χ1n) is 11.5. The summed E-state index contributed by atoms with van der Waals surface area (Å²) < 4.78 is 0. The van der Waals surface area contributed by atoms with Gasteiger partial charge in [-0.15, -0.1) is 22.7 Å². The molecule has 2 aliphatic rings. The molecule has 0 radical (unpaired) electrons. The summed E-state index contributed by atoms with van der Waals surface area (Å²) in [5.74, 6) is 0.322. The van der Waals surface area contributed by atoms with Crippen LogP contribution in [0.2, 0.25) is 0 Å². The number of hydrogen-bond acceptors (Lipinski definition) is 5. The first-order valence-corrected chi connectivity index (χ1v) is 13.3. The minimum absolute atomic E-state index is 0.124. The minimum Gasteiger partial charge on any atom is -0.339 e. The second kappa shape index (κ2) is 9.79. The molecule has 0 bridgehead atoms. The van der Waals surface area contributed by atoms with E-state index >= 15 is 0 Å². The number of hydrogen-bond donors (Lipinski definition) is 0. The van der Waals surface area contributed by atoms with Crippen LogP contribution in [0.4, 0.5) is 0 Å². The maximum Gasteiger partial charge on any atom is 0.236 e. The van der Waals surface area contributed by atoms with E-state index in [1.165, 1.54) is 21.6 Å². The Balaban J connectivity index is 1.24. The maximum atomic E-state index is 13.3. The van der Waals surface area contributed by atoms with Crippen molar-refractivity contribution in [2.45, 2.75) is 25.8 Å². The monoisotopic (exact) mass is 479 g/mol. The predicted octanol–water partition coefficient (Wildman–Crippen LogP) is 3.98. The predicted molar refractivity (Wildman–Crippen MR) is 134 cm³/mol. The van der Waals surface area contributed by atoms with Crippen LogP contribution in [0, 0.1) is 6.92 Å². The highest BCUT2D eigenvalue weighted by molar-refractivity contribution is 7.10. The Bertz CT molecular complexity index is 1120. The summed E-state index contributed by atoms with van der Waals surface area (Å²) in [5.41, 5.74) is 3.89. The van der Waals surface area contributed by atoms with Gasteiger partial charge in [-0.1, -0.05) is 30.3 Å². The van der Waals surface area contributed by atoms with Gasteiger partial charge in [0.1, 0.15) is 0 Å². The largest absolute Gasteiger partial charge is 0.339 e. The average molecular weight is 480 g/mol. The number of nitrogens with zero attached hydrogens (tertiary/aromatic N) is 3. The summed E-state index contributed by atoms with van der Waals surface area (Å²) in [4.78, 5) is 34.6. The van der Waals surface area contributed by atoms with E-state index in [0.717, 1.165) is 17.8 Å². The Labute approximate surface area is 203 Å². The fourth-order valence-corrected chi connectivity index (χ4v) is 6.55. The molecule has 2 amide bonds. The molecule has 5 nitrogen and oxygen atoms in total. The van der Waals surface area contributed by atoms with Gasteiger partial charge in [-0.2, -0.15) is 0 Å². The molecule has 33 heavy (non-hydrogen) atoms. The molecule has 3 aromatic rings. The van der Waals surface area contributed by atoms with Gasteiger partial charge in [0.2, 0.25) is 11.8 Å². The first-order chi connectivity index (χ1) is 16.1. The van der Waals surface area contributed by atoms with Crippen molar-refractivity contribution in [2.24, 2.45) is 0 Å². The van der Waals surface area contributed by atoms with Crippen molar-refractivity contribution in [1.82, 2.24) is 14.7 Å². The van der Waals surface area contributed by atoms with Crippen molar-refractivity contribution < 1.29 is 9.59 Å². The number of aryl methyl sites for hydroxylation is 1. The van der Waals surface area contributed by atoms with Gasteiger partial charge in [0.15, 0.2) is 0 Å². The average Bonchev–Trinajstić information content (AvgIpc) is 3.52. The van der Waals surface area contributed by atoms with Crippen LogP contribution < -0.4 is 0 Å². The SMILES string of the molecule is Cc1ccccc1C1c2ccsc2CCN1CC(=O)N1CCN(C(=O)Cc2cccs2)CC1. The summed E-state index contributed by atoms with van der Waals surface area (Å²) >= 11 is 3.44. The Hall–Kier alpha value is -2.48. The molecule has 2 aromatic heterocycles. The highest BCUT2D eigenvalue weighted by Crippen LogP contribution is 2.38. The number of rotatable bonds is 5. The smallest absolute Gasteiger partial charge is 0.236 e. The van der Waals surface area contributed by atoms with Crippen LogP contribution in [-0.4, -0.2) is 65.8 Å². The van der Waals surface area contributed by atoms with E-state index in [4.69, 9.17) is 0 Å². The molecule has 0 aliphatic carbocycles. The number of benzene rings is 1. The number of fused-ring (bicyclic) bond motifs is 1. The zero-order chi connectivity index (χ0) is 22.8. The van der Waals surface area contributed by atoms with Gasteiger partial charge in [-0.25, -0.2) is 0 Å². The molecule has 4 heterocycles. The molecule has 7 heteroatoms. The highest BCUT2D eigenvalue weighted by atomic mass is 32.1. The van der Waals surface area contributed by atoms with Crippen LogP contribution in [-0.2, 0) is 22.4 Å². The second-order valence-electron chi connectivity index (χ2n) is 8.80. The Morgan fingerprint density at radius 3 is 2.33 bits per heavy atom. The standard InChI is InChI=1S/C26H29N3O2S2/c1-19-5-2-3-7-21(19)26-22-9-16-33-23(22)8-10-29(26)18-25(31)28-13-11-27(12-14-28)24(30)17-20-6-4-15-32-20/h2-7,9,15-16,26H,8,10-14,17-18H2,1H3. The highest BCUT2D eigenvalue weighted by Gasteiger charge is 2.33. The molecule has 5 rings (SSSR count). The molecule has 0 saturated carbocycles. The lowest BCUT2D eigenvalue weighted by Crippen LogP contribution is -2.53. The number of thiophene rings is 2. The summed E-state index contributed by atoms with van der Waals surface area (Å²) in [6, 6.07) is 14.9. The van der Waals surface area contributed by atoms with Crippen molar-refractivity contribution in [2.75, 3.05) is 39.3 Å². The van der Waals surface area contributed by atoms with Crippen LogP contribution in [0.25, 0.3) is 0 Å². The lowest BCUT2D eigenvalue weighted by atomic mass is 9.90. The molecular weight excluding hydrogens is 450 g/mol. The number of carbonyl (C=O) groups is 2. The van der Waals surface area contributed by atoms with E-state index in [0.29, 0.717) is 39.1 Å². The molecule has 0 spiro atoms. The van der Waals surface area contributed by atoms with Crippen LogP contribution >= 0.6 is 22.7 Å². The van der Waals surface area contributed by atoms with Crippen molar-refractivity contribution in [3.05, 3.63) is 79.7 Å². The summed E-state index contributed by atoms with van der Waals surface area (Å²) in [7, 11) is 0. The molecule has 0 N–H and O–H groups in total. The van der Waals surface area contributed by atoms with Crippen LogP contribution in [0.15, 0.2) is 53.2 Å². The summed E-state index contributed by atoms with van der Waals surface area (Å²) in [6.45, 7) is 5.91. The fraction of sp³-hybridized carbons (Fsp3) is 0.385. The molecule has 1 saturated heterocycles. The Morgan fingerprint density at radius 2 is 1.61 bits per heavy atom. The normalized spacial score (nSPS) is 18.9. The van der Waals surface area contributed by atoms with Crippen LogP contribution in [0.1, 0.15) is 32.5 Å². The molecular formula is C26H29N3O2S2. The third kappa shape index (κ3) is 4.76. The minimum atomic E-state index is 0.124. The van der Waals surface area contributed by atoms with Gasteiger partial charge in [-0.3, -0.25) is 14.5 Å². The van der Waals surface area contributed by atoms with E-state index in [1.54, 1.807) is 11.3 Å². The van der Waals surface area contributed by atoms with Crippen molar-refractivity contribution in [3.8, 4) is 0 Å². The van der Waals surface area contributed by atoms with Crippen molar-refractivity contribution >= 4 is 34.5 Å². The van der Waals surface area contributed by atoms with E-state index < -0.39 is 0 Å². The molecule has 2 aliphatic heterocycles. The summed E-state index contributed by atoms with van der Waals surface area (Å²) in [5, 5.41) is 4.18. The van der Waals surface area contributed by atoms with Gasteiger partial charge < -0.3 is 9.80 Å². The van der Waals surface area contributed by atoms with Crippen molar-refractivity contribution in [3.63, 3.8) is 0 Å². The van der Waals surface area contributed by atoms with Crippen molar-refractivity contribution in [1.29, 1.82) is 0 Å². The number of piperazine rings is 1. The van der Waals surface area contributed by atoms with E-state index in [1.807, 2.05) is 38.6 Å². The third-order valence-electron chi connectivity index (χ3n) is 6.78. The Morgan fingerprint density at radius 1 is 0.848 bits per heavy atom. The Kier molecular flexibility index (Phi) is 6.62. The van der Waals surface area contributed by atoms with E-state index in [9.17, 15) is 9.59 Å². The van der Waals surface area contributed by atoms with Gasteiger partial charge in [-0.05, 0) is 52.9 Å². The number of carbonyl (C=O) groups excluding carboxylic acids is 2. The molecule has 1 fully saturated rings. The molecule has 1 unspecified atom stereocenters. The zero-order valence-electron chi connectivity index (χ0n) is 18.9. The lowest BCUT2D eigenvalue weighted by molar-refractivity contribution is -0.140.